The van der Waals surface area contributed by atoms with Crippen LogP contribution in [0.3, 0.4) is 0 Å². The highest BCUT2D eigenvalue weighted by atomic mass is 79.9. The second-order valence-electron chi connectivity index (χ2n) is 5.53. The molecule has 0 aliphatic rings. The maximum atomic E-state index is 12.3. The lowest BCUT2D eigenvalue weighted by atomic mass is 10.2. The van der Waals surface area contributed by atoms with Gasteiger partial charge in [-0.3, -0.25) is 10.1 Å². The minimum Gasteiger partial charge on any atom is -0.459 e. The molecule has 0 spiro atoms. The molecule has 4 nitrogen and oxygen atoms in total. The van der Waals surface area contributed by atoms with Crippen molar-refractivity contribution >= 4 is 66.7 Å². The van der Waals surface area contributed by atoms with Crippen LogP contribution in [0.4, 0.5) is 0 Å². The summed E-state index contributed by atoms with van der Waals surface area (Å²) in [5, 5.41) is 6.10. The average molecular weight is 529 g/mol. The van der Waals surface area contributed by atoms with Gasteiger partial charge >= 0.3 is 0 Å². The molecule has 138 valence electrons. The van der Waals surface area contributed by atoms with Crippen LogP contribution in [0.5, 0.6) is 0 Å². The second kappa shape index (κ2) is 9.01. The Bertz CT molecular complexity index is 990. The number of furan rings is 1. The maximum Gasteiger partial charge on any atom is 0.258 e. The molecule has 0 aliphatic carbocycles. The zero-order valence-corrected chi connectivity index (χ0v) is 18.5. The monoisotopic (exact) mass is 526 g/mol. The summed E-state index contributed by atoms with van der Waals surface area (Å²) in [4.78, 5) is 12.3. The predicted octanol–water partition coefficient (Wildman–Crippen LogP) is 5.93. The van der Waals surface area contributed by atoms with E-state index in [1.807, 2.05) is 36.4 Å². The third kappa shape index (κ3) is 5.42. The number of thiocarbonyl (C=S) groups is 1. The first-order valence-corrected chi connectivity index (χ1v) is 10.2. The van der Waals surface area contributed by atoms with E-state index < -0.39 is 0 Å². The zero-order valence-electron chi connectivity index (χ0n) is 13.8. The van der Waals surface area contributed by atoms with E-state index in [1.165, 1.54) is 0 Å². The van der Waals surface area contributed by atoms with E-state index >= 15 is 0 Å². The molecule has 3 rings (SSSR count). The molecule has 0 saturated heterocycles. The van der Waals surface area contributed by atoms with E-state index in [0.717, 1.165) is 20.3 Å². The van der Waals surface area contributed by atoms with Crippen molar-refractivity contribution in [1.82, 2.24) is 10.6 Å². The van der Waals surface area contributed by atoms with Crippen LogP contribution in [-0.2, 0) is 6.54 Å². The number of rotatable bonds is 4. The minimum atomic E-state index is -0.381. The van der Waals surface area contributed by atoms with E-state index in [1.54, 1.807) is 18.2 Å². The van der Waals surface area contributed by atoms with E-state index in [9.17, 15) is 4.79 Å². The molecule has 0 atom stereocenters. The van der Waals surface area contributed by atoms with Gasteiger partial charge in [0.2, 0.25) is 0 Å². The Hall–Kier alpha value is -1.67. The third-order valence-corrected chi connectivity index (χ3v) is 5.21. The summed E-state index contributed by atoms with van der Waals surface area (Å²) < 4.78 is 7.57. The van der Waals surface area contributed by atoms with Gasteiger partial charge in [0.1, 0.15) is 11.5 Å². The van der Waals surface area contributed by atoms with Gasteiger partial charge in [0.25, 0.3) is 5.91 Å². The minimum absolute atomic E-state index is 0.192. The molecule has 0 unspecified atom stereocenters. The topological polar surface area (TPSA) is 54.3 Å². The zero-order chi connectivity index (χ0) is 19.4. The Morgan fingerprint density at radius 2 is 1.74 bits per heavy atom. The standard InChI is InChI=1S/C19H13Br2ClN2O2S/c20-12-3-1-11(2-4-12)17-8-6-14(26-17)10-23-19(27)24-18(25)15-9-13(21)5-7-16(15)22/h1-9H,10H2,(H2,23,24,25,27). The van der Waals surface area contributed by atoms with Crippen molar-refractivity contribution in [3.05, 3.63) is 79.9 Å². The Kier molecular flexibility index (Phi) is 6.70. The van der Waals surface area contributed by atoms with Crippen LogP contribution in [0.25, 0.3) is 11.3 Å². The molecule has 0 bridgehead atoms. The first-order chi connectivity index (χ1) is 12.9. The number of nitrogens with one attached hydrogen (secondary N) is 2. The summed E-state index contributed by atoms with van der Waals surface area (Å²) in [6.07, 6.45) is 0. The quantitative estimate of drug-likeness (QED) is 0.412. The summed E-state index contributed by atoms with van der Waals surface area (Å²) >= 11 is 18.0. The smallest absolute Gasteiger partial charge is 0.258 e. The molecule has 3 aromatic rings. The van der Waals surface area contributed by atoms with Crippen LogP contribution in [-0.4, -0.2) is 11.0 Å². The van der Waals surface area contributed by atoms with Crippen molar-refractivity contribution in [1.29, 1.82) is 0 Å². The Morgan fingerprint density at radius 1 is 1.04 bits per heavy atom. The van der Waals surface area contributed by atoms with Crippen molar-refractivity contribution < 1.29 is 9.21 Å². The van der Waals surface area contributed by atoms with E-state index in [-0.39, 0.29) is 11.0 Å². The van der Waals surface area contributed by atoms with Gasteiger partial charge in [-0.25, -0.2) is 0 Å². The van der Waals surface area contributed by atoms with Gasteiger partial charge in [-0.1, -0.05) is 55.6 Å². The van der Waals surface area contributed by atoms with Crippen molar-refractivity contribution in [2.75, 3.05) is 0 Å². The molecule has 0 aliphatic heterocycles. The fraction of sp³-hybridized carbons (Fsp3) is 0.0526. The maximum absolute atomic E-state index is 12.3. The SMILES string of the molecule is O=C(NC(=S)NCc1ccc(-c2ccc(Br)cc2)o1)c1cc(Br)ccc1Cl. The largest absolute Gasteiger partial charge is 0.459 e. The normalized spacial score (nSPS) is 10.5. The highest BCUT2D eigenvalue weighted by Gasteiger charge is 2.13. The Morgan fingerprint density at radius 3 is 2.48 bits per heavy atom. The number of hydrogen-bond donors (Lipinski definition) is 2. The van der Waals surface area contributed by atoms with Gasteiger partial charge in [-0.15, -0.1) is 0 Å². The highest BCUT2D eigenvalue weighted by Crippen LogP contribution is 2.24. The van der Waals surface area contributed by atoms with Gasteiger partial charge in [0, 0.05) is 14.5 Å². The Balaban J connectivity index is 1.57. The van der Waals surface area contributed by atoms with Crippen LogP contribution < -0.4 is 10.6 Å². The van der Waals surface area contributed by atoms with Gasteiger partial charge in [0.15, 0.2) is 5.11 Å². The molecular weight excluding hydrogens is 516 g/mol. The van der Waals surface area contributed by atoms with Crippen LogP contribution in [0.2, 0.25) is 5.02 Å². The first kappa shape index (κ1) is 20.1. The molecular formula is C19H13Br2ClN2O2S. The summed E-state index contributed by atoms with van der Waals surface area (Å²) in [7, 11) is 0. The lowest BCUT2D eigenvalue weighted by molar-refractivity contribution is 0.0976. The first-order valence-electron chi connectivity index (χ1n) is 7.81. The van der Waals surface area contributed by atoms with Crippen LogP contribution in [0, 0.1) is 0 Å². The lowest BCUT2D eigenvalue weighted by Gasteiger charge is -2.09. The van der Waals surface area contributed by atoms with E-state index in [4.69, 9.17) is 28.2 Å². The number of carbonyl (C=O) groups excluding carboxylic acids is 1. The molecule has 8 heteroatoms. The summed E-state index contributed by atoms with van der Waals surface area (Å²) in [6.45, 7) is 0.349. The molecule has 0 fully saturated rings. The van der Waals surface area contributed by atoms with Gasteiger partial charge in [0.05, 0.1) is 17.1 Å². The molecule has 1 aromatic heterocycles. The summed E-state index contributed by atoms with van der Waals surface area (Å²) in [5.41, 5.74) is 1.32. The Labute approximate surface area is 183 Å². The molecule has 2 aromatic carbocycles. The van der Waals surface area contributed by atoms with Gasteiger partial charge in [-0.2, -0.15) is 0 Å². The van der Waals surface area contributed by atoms with Gasteiger partial charge in [-0.05, 0) is 54.7 Å². The third-order valence-electron chi connectivity index (χ3n) is 3.61. The highest BCUT2D eigenvalue weighted by molar-refractivity contribution is 9.10. The van der Waals surface area contributed by atoms with Crippen molar-refractivity contribution in [2.24, 2.45) is 0 Å². The van der Waals surface area contributed by atoms with Crippen LogP contribution in [0.1, 0.15) is 16.1 Å². The van der Waals surface area contributed by atoms with E-state index in [0.29, 0.717) is 22.9 Å². The molecule has 27 heavy (non-hydrogen) atoms. The molecule has 2 N–H and O–H groups in total. The van der Waals surface area contributed by atoms with Gasteiger partial charge < -0.3 is 9.73 Å². The summed E-state index contributed by atoms with van der Waals surface area (Å²) in [5.74, 6) is 1.08. The lowest BCUT2D eigenvalue weighted by Crippen LogP contribution is -2.38. The van der Waals surface area contributed by atoms with Crippen molar-refractivity contribution in [3.8, 4) is 11.3 Å². The predicted molar refractivity (Wildman–Crippen MR) is 118 cm³/mol. The molecule has 1 amide bonds. The number of carbonyl (C=O) groups is 1. The fourth-order valence-corrected chi connectivity index (χ4v) is 3.29. The van der Waals surface area contributed by atoms with Crippen molar-refractivity contribution in [2.45, 2.75) is 6.54 Å². The number of halogens is 3. The molecule has 0 saturated carbocycles. The average Bonchev–Trinajstić information content (AvgIpc) is 3.11. The number of benzene rings is 2. The van der Waals surface area contributed by atoms with Crippen molar-refractivity contribution in [3.63, 3.8) is 0 Å². The van der Waals surface area contributed by atoms with Crippen LogP contribution in [0.15, 0.2) is 68.0 Å². The number of hydrogen-bond acceptors (Lipinski definition) is 3. The fourth-order valence-electron chi connectivity index (χ4n) is 2.30. The summed E-state index contributed by atoms with van der Waals surface area (Å²) in [6, 6.07) is 16.6. The number of amides is 1. The molecule has 1 heterocycles. The van der Waals surface area contributed by atoms with E-state index in [2.05, 4.69) is 42.5 Å². The molecule has 0 radical (unpaired) electrons. The second-order valence-corrected chi connectivity index (χ2v) is 8.18. The van der Waals surface area contributed by atoms with Crippen LogP contribution >= 0.6 is 55.7 Å².